The van der Waals surface area contributed by atoms with Crippen LogP contribution in [0, 0.1) is 10.1 Å². The lowest BCUT2D eigenvalue weighted by molar-refractivity contribution is -0.384. The second kappa shape index (κ2) is 11.5. The summed E-state index contributed by atoms with van der Waals surface area (Å²) in [6.45, 7) is 0.410. The lowest BCUT2D eigenvalue weighted by Gasteiger charge is -2.14. The van der Waals surface area contributed by atoms with Gasteiger partial charge in [-0.1, -0.05) is 42.5 Å². The number of carbonyl (C=O) groups is 2. The van der Waals surface area contributed by atoms with Gasteiger partial charge in [0, 0.05) is 30.8 Å². The predicted octanol–water partition coefficient (Wildman–Crippen LogP) is 3.64. The number of unbranched alkanes of at least 4 members (excludes halogenated alkanes) is 2. The van der Waals surface area contributed by atoms with E-state index in [2.05, 4.69) is 5.32 Å². The van der Waals surface area contributed by atoms with E-state index in [1.807, 2.05) is 0 Å². The number of thioether (sulfide) groups is 1. The fraction of sp³-hybridized carbons (Fsp3) is 0.227. The summed E-state index contributed by atoms with van der Waals surface area (Å²) in [5.41, 5.74) is 0.958. The Bertz CT molecular complexity index is 1290. The van der Waals surface area contributed by atoms with Gasteiger partial charge < -0.3 is 5.32 Å². The third-order valence-corrected chi connectivity index (χ3v) is 7.31. The maximum absolute atomic E-state index is 12.7. The molecule has 0 unspecified atom stereocenters. The minimum atomic E-state index is -3.79. The van der Waals surface area contributed by atoms with E-state index in [1.165, 1.54) is 41.3 Å². The van der Waals surface area contributed by atoms with Gasteiger partial charge in [-0.25, -0.2) is 13.6 Å². The number of non-ortho nitro benzene ring substituents is 1. The molecule has 2 amide bonds. The summed E-state index contributed by atoms with van der Waals surface area (Å²) in [6, 6.07) is 11.6. The highest BCUT2D eigenvalue weighted by Gasteiger charge is 2.31. The van der Waals surface area contributed by atoms with Crippen LogP contribution in [0.4, 0.5) is 11.4 Å². The molecule has 3 rings (SSSR count). The zero-order valence-electron chi connectivity index (χ0n) is 18.4. The SMILES string of the molecule is NS(=O)(=O)c1ccc(NC(=O)CCCCCN2C(=O)/C(=C/c3cccc([N+](=O)[O-])c3)SC2=S)cc1. The molecular formula is C22H22N4O6S3. The second-order valence-electron chi connectivity index (χ2n) is 7.61. The van der Waals surface area contributed by atoms with E-state index in [0.717, 1.165) is 11.8 Å². The number of amides is 2. The first kappa shape index (κ1) is 26.5. The van der Waals surface area contributed by atoms with Crippen molar-refractivity contribution < 1.29 is 22.9 Å². The lowest BCUT2D eigenvalue weighted by atomic mass is 10.1. The molecule has 1 aliphatic rings. The van der Waals surface area contributed by atoms with Crippen LogP contribution in [0.15, 0.2) is 58.3 Å². The summed E-state index contributed by atoms with van der Waals surface area (Å²) in [5.74, 6) is -0.453. The summed E-state index contributed by atoms with van der Waals surface area (Å²) in [6.07, 6.45) is 3.79. The number of rotatable bonds is 10. The van der Waals surface area contributed by atoms with Gasteiger partial charge in [-0.05, 0) is 48.7 Å². The van der Waals surface area contributed by atoms with E-state index in [0.29, 0.717) is 46.3 Å². The fourth-order valence-corrected chi connectivity index (χ4v) is 5.08. The van der Waals surface area contributed by atoms with E-state index in [1.54, 1.807) is 18.2 Å². The molecule has 13 heteroatoms. The third kappa shape index (κ3) is 7.42. The van der Waals surface area contributed by atoms with Gasteiger partial charge >= 0.3 is 0 Å². The van der Waals surface area contributed by atoms with Crippen molar-refractivity contribution in [1.29, 1.82) is 0 Å². The molecule has 1 fully saturated rings. The Labute approximate surface area is 211 Å². The van der Waals surface area contributed by atoms with Crippen molar-refractivity contribution in [3.63, 3.8) is 0 Å². The van der Waals surface area contributed by atoms with Crippen LogP contribution in [0.3, 0.4) is 0 Å². The number of thiocarbonyl (C=S) groups is 1. The minimum absolute atomic E-state index is 0.0360. The molecule has 0 spiro atoms. The second-order valence-corrected chi connectivity index (χ2v) is 10.9. The highest BCUT2D eigenvalue weighted by atomic mass is 32.2. The molecule has 184 valence electrons. The van der Waals surface area contributed by atoms with Gasteiger partial charge in [0.2, 0.25) is 15.9 Å². The summed E-state index contributed by atoms with van der Waals surface area (Å²) < 4.78 is 23.0. The van der Waals surface area contributed by atoms with Crippen molar-refractivity contribution in [3.05, 3.63) is 69.1 Å². The Morgan fingerprint density at radius 3 is 2.54 bits per heavy atom. The van der Waals surface area contributed by atoms with Crippen molar-refractivity contribution in [1.82, 2.24) is 4.90 Å². The molecule has 0 atom stereocenters. The van der Waals surface area contributed by atoms with E-state index in [-0.39, 0.29) is 28.8 Å². The largest absolute Gasteiger partial charge is 0.326 e. The van der Waals surface area contributed by atoms with Crippen molar-refractivity contribution in [3.8, 4) is 0 Å². The summed E-state index contributed by atoms with van der Waals surface area (Å²) in [5, 5.41) is 18.7. The first-order chi connectivity index (χ1) is 16.5. The van der Waals surface area contributed by atoms with Crippen LogP contribution in [0.5, 0.6) is 0 Å². The predicted molar refractivity (Wildman–Crippen MR) is 138 cm³/mol. The van der Waals surface area contributed by atoms with Crippen LogP contribution in [-0.4, -0.2) is 40.9 Å². The van der Waals surface area contributed by atoms with Crippen LogP contribution >= 0.6 is 24.0 Å². The van der Waals surface area contributed by atoms with E-state index < -0.39 is 14.9 Å². The first-order valence-corrected chi connectivity index (χ1v) is 13.2. The van der Waals surface area contributed by atoms with Crippen molar-refractivity contribution >= 4 is 67.6 Å². The molecule has 0 radical (unpaired) electrons. The number of anilines is 1. The van der Waals surface area contributed by atoms with Gasteiger partial charge in [0.25, 0.3) is 11.6 Å². The Kier molecular flexibility index (Phi) is 8.72. The number of hydrogen-bond donors (Lipinski definition) is 2. The molecular weight excluding hydrogens is 512 g/mol. The normalized spacial score (nSPS) is 15.0. The van der Waals surface area contributed by atoms with Crippen molar-refractivity contribution in [2.24, 2.45) is 5.14 Å². The number of carbonyl (C=O) groups excluding carboxylic acids is 2. The highest BCUT2D eigenvalue weighted by molar-refractivity contribution is 8.26. The molecule has 0 saturated carbocycles. The topological polar surface area (TPSA) is 153 Å². The Hall–Kier alpha value is -3.13. The monoisotopic (exact) mass is 534 g/mol. The quantitative estimate of drug-likeness (QED) is 0.154. The average Bonchev–Trinajstić information content (AvgIpc) is 3.06. The van der Waals surface area contributed by atoms with E-state index in [9.17, 15) is 28.1 Å². The van der Waals surface area contributed by atoms with Gasteiger partial charge in [-0.2, -0.15) is 0 Å². The molecule has 1 heterocycles. The van der Waals surface area contributed by atoms with Crippen LogP contribution in [0.1, 0.15) is 31.2 Å². The average molecular weight is 535 g/mol. The highest BCUT2D eigenvalue weighted by Crippen LogP contribution is 2.33. The molecule has 3 N–H and O–H groups in total. The van der Waals surface area contributed by atoms with E-state index in [4.69, 9.17) is 17.4 Å². The number of nitrogens with one attached hydrogen (secondary N) is 1. The molecule has 2 aromatic carbocycles. The number of primary sulfonamides is 1. The maximum atomic E-state index is 12.7. The number of hydrogen-bond acceptors (Lipinski definition) is 8. The number of nitro benzene ring substituents is 1. The molecule has 0 bridgehead atoms. The number of sulfonamides is 1. The molecule has 2 aromatic rings. The Balaban J connectivity index is 1.43. The smallest absolute Gasteiger partial charge is 0.270 e. The Morgan fingerprint density at radius 2 is 1.89 bits per heavy atom. The molecule has 0 aliphatic carbocycles. The third-order valence-electron chi connectivity index (χ3n) is 5.00. The summed E-state index contributed by atoms with van der Waals surface area (Å²) in [7, 11) is -3.79. The summed E-state index contributed by atoms with van der Waals surface area (Å²) >= 11 is 6.46. The lowest BCUT2D eigenvalue weighted by Crippen LogP contribution is -2.29. The molecule has 0 aromatic heterocycles. The van der Waals surface area contributed by atoms with Crippen LogP contribution in [-0.2, 0) is 19.6 Å². The van der Waals surface area contributed by atoms with Crippen molar-refractivity contribution in [2.45, 2.75) is 30.6 Å². The van der Waals surface area contributed by atoms with Crippen LogP contribution in [0.2, 0.25) is 0 Å². The van der Waals surface area contributed by atoms with Gasteiger partial charge in [0.1, 0.15) is 4.32 Å². The van der Waals surface area contributed by atoms with E-state index >= 15 is 0 Å². The van der Waals surface area contributed by atoms with Gasteiger partial charge in [-0.3, -0.25) is 24.6 Å². The van der Waals surface area contributed by atoms with Gasteiger partial charge in [0.05, 0.1) is 14.7 Å². The standard InChI is InChI=1S/C22H22N4O6S3/c23-35(31,32)18-10-8-16(9-11-18)24-20(27)7-2-1-3-12-25-21(28)19(34-22(25)33)14-15-5-4-6-17(13-15)26(29)30/h4-6,8-11,13-14H,1-3,7,12H2,(H,24,27)(H2,23,31,32)/b19-14-. The molecule has 10 nitrogen and oxygen atoms in total. The summed E-state index contributed by atoms with van der Waals surface area (Å²) in [4.78, 5) is 37.1. The molecule has 1 aliphatic heterocycles. The fourth-order valence-electron chi connectivity index (χ4n) is 3.26. The minimum Gasteiger partial charge on any atom is -0.326 e. The zero-order chi connectivity index (χ0) is 25.6. The molecule has 1 saturated heterocycles. The number of nitrogens with two attached hydrogens (primary N) is 1. The van der Waals surface area contributed by atoms with Crippen LogP contribution < -0.4 is 10.5 Å². The number of benzene rings is 2. The Morgan fingerprint density at radius 1 is 1.17 bits per heavy atom. The van der Waals surface area contributed by atoms with Crippen LogP contribution in [0.25, 0.3) is 6.08 Å². The molecule has 35 heavy (non-hydrogen) atoms. The van der Waals surface area contributed by atoms with Crippen molar-refractivity contribution in [2.75, 3.05) is 11.9 Å². The number of nitrogens with zero attached hydrogens (tertiary/aromatic N) is 2. The van der Waals surface area contributed by atoms with Gasteiger partial charge in [0.15, 0.2) is 0 Å². The zero-order valence-corrected chi connectivity index (χ0v) is 20.8. The van der Waals surface area contributed by atoms with Gasteiger partial charge in [-0.15, -0.1) is 0 Å². The number of nitro groups is 1. The maximum Gasteiger partial charge on any atom is 0.270 e. The first-order valence-electron chi connectivity index (χ1n) is 10.5.